The molecule has 114 valence electrons. The second kappa shape index (κ2) is 6.57. The fraction of sp³-hybridized carbons (Fsp3) is 0.867. The van der Waals surface area contributed by atoms with Gasteiger partial charge in [0.2, 0.25) is 11.8 Å². The maximum absolute atomic E-state index is 12.9. The standard InChI is InChI=1S/C15H27N3O2/c1-10-6-5-7-11(16)13(10)15(20)18-9-4-3-8-12(18)14(19)17-2/h10-13H,3-9,16H2,1-2H3,(H,17,19). The minimum absolute atomic E-state index is 0.0462. The summed E-state index contributed by atoms with van der Waals surface area (Å²) in [4.78, 5) is 26.6. The molecule has 4 unspecified atom stereocenters. The zero-order valence-corrected chi connectivity index (χ0v) is 12.6. The third kappa shape index (κ3) is 2.97. The molecule has 0 spiro atoms. The third-order valence-corrected chi connectivity index (χ3v) is 4.89. The Balaban J connectivity index is 2.14. The minimum Gasteiger partial charge on any atom is -0.357 e. The van der Waals surface area contributed by atoms with Crippen molar-refractivity contribution in [2.75, 3.05) is 13.6 Å². The number of piperidine rings is 1. The minimum atomic E-state index is -0.303. The van der Waals surface area contributed by atoms with Crippen LogP contribution in [0.1, 0.15) is 45.4 Å². The van der Waals surface area contributed by atoms with E-state index >= 15 is 0 Å². The maximum atomic E-state index is 12.9. The Morgan fingerprint density at radius 3 is 2.55 bits per heavy atom. The van der Waals surface area contributed by atoms with E-state index in [0.717, 1.165) is 38.5 Å². The zero-order valence-electron chi connectivity index (χ0n) is 12.6. The van der Waals surface area contributed by atoms with Gasteiger partial charge in [0.25, 0.3) is 0 Å². The summed E-state index contributed by atoms with van der Waals surface area (Å²) in [6, 6.07) is -0.360. The lowest BCUT2D eigenvalue weighted by Gasteiger charge is -2.41. The smallest absolute Gasteiger partial charge is 0.242 e. The van der Waals surface area contributed by atoms with E-state index in [1.54, 1.807) is 11.9 Å². The van der Waals surface area contributed by atoms with Crippen molar-refractivity contribution in [2.45, 2.75) is 57.5 Å². The first-order chi connectivity index (χ1) is 9.56. The fourth-order valence-electron chi connectivity index (χ4n) is 3.71. The van der Waals surface area contributed by atoms with Crippen molar-refractivity contribution in [1.29, 1.82) is 0 Å². The highest BCUT2D eigenvalue weighted by atomic mass is 16.2. The Morgan fingerprint density at radius 2 is 1.90 bits per heavy atom. The lowest BCUT2D eigenvalue weighted by molar-refractivity contribution is -0.148. The van der Waals surface area contributed by atoms with Crippen LogP contribution >= 0.6 is 0 Å². The maximum Gasteiger partial charge on any atom is 0.242 e. The second-order valence-corrected chi connectivity index (χ2v) is 6.26. The molecule has 0 aromatic rings. The van der Waals surface area contributed by atoms with E-state index in [2.05, 4.69) is 12.2 Å². The summed E-state index contributed by atoms with van der Waals surface area (Å²) in [7, 11) is 1.63. The van der Waals surface area contributed by atoms with E-state index in [0.29, 0.717) is 12.5 Å². The Bertz CT molecular complexity index is 362. The van der Waals surface area contributed by atoms with Crippen LogP contribution in [0.15, 0.2) is 0 Å². The predicted octanol–water partition coefficient (Wildman–Crippen LogP) is 0.877. The van der Waals surface area contributed by atoms with Crippen LogP contribution < -0.4 is 11.1 Å². The molecule has 2 rings (SSSR count). The molecule has 2 aliphatic rings. The highest BCUT2D eigenvalue weighted by Gasteiger charge is 2.40. The van der Waals surface area contributed by atoms with Gasteiger partial charge in [0.05, 0.1) is 5.92 Å². The molecule has 0 bridgehead atoms. The number of rotatable bonds is 2. The number of hydrogen-bond acceptors (Lipinski definition) is 3. The molecular weight excluding hydrogens is 254 g/mol. The Morgan fingerprint density at radius 1 is 1.15 bits per heavy atom. The molecule has 0 aromatic carbocycles. The van der Waals surface area contributed by atoms with Crippen molar-refractivity contribution in [2.24, 2.45) is 17.6 Å². The van der Waals surface area contributed by atoms with E-state index in [1.165, 1.54) is 0 Å². The monoisotopic (exact) mass is 281 g/mol. The van der Waals surface area contributed by atoms with Crippen LogP contribution in [-0.2, 0) is 9.59 Å². The zero-order chi connectivity index (χ0) is 14.7. The molecule has 1 aliphatic carbocycles. The molecule has 2 amide bonds. The molecule has 3 N–H and O–H groups in total. The molecule has 2 fully saturated rings. The Hall–Kier alpha value is -1.10. The van der Waals surface area contributed by atoms with Gasteiger partial charge in [0, 0.05) is 19.6 Å². The molecule has 1 aliphatic heterocycles. The molecule has 1 saturated carbocycles. The summed E-state index contributed by atoms with van der Waals surface area (Å²) in [5, 5.41) is 2.68. The van der Waals surface area contributed by atoms with Crippen molar-refractivity contribution in [1.82, 2.24) is 10.2 Å². The number of nitrogens with one attached hydrogen (secondary N) is 1. The number of amides is 2. The highest BCUT2D eigenvalue weighted by Crippen LogP contribution is 2.32. The first-order valence-electron chi connectivity index (χ1n) is 7.84. The van der Waals surface area contributed by atoms with E-state index in [9.17, 15) is 9.59 Å². The molecule has 20 heavy (non-hydrogen) atoms. The van der Waals surface area contributed by atoms with Gasteiger partial charge >= 0.3 is 0 Å². The van der Waals surface area contributed by atoms with Gasteiger partial charge < -0.3 is 16.0 Å². The highest BCUT2D eigenvalue weighted by molar-refractivity contribution is 5.89. The molecule has 5 nitrogen and oxygen atoms in total. The van der Waals surface area contributed by atoms with Gasteiger partial charge in [0.1, 0.15) is 6.04 Å². The van der Waals surface area contributed by atoms with Gasteiger partial charge in [-0.05, 0) is 38.0 Å². The van der Waals surface area contributed by atoms with Gasteiger partial charge in [-0.2, -0.15) is 0 Å². The summed E-state index contributed by atoms with van der Waals surface area (Å²) >= 11 is 0. The lowest BCUT2D eigenvalue weighted by Crippen LogP contribution is -2.56. The average Bonchev–Trinajstić information content (AvgIpc) is 2.46. The summed E-state index contributed by atoms with van der Waals surface area (Å²) in [6.45, 7) is 2.80. The van der Waals surface area contributed by atoms with E-state index < -0.39 is 0 Å². The van der Waals surface area contributed by atoms with Gasteiger partial charge in [0.15, 0.2) is 0 Å². The first-order valence-corrected chi connectivity index (χ1v) is 7.84. The van der Waals surface area contributed by atoms with Crippen molar-refractivity contribution < 1.29 is 9.59 Å². The fourth-order valence-corrected chi connectivity index (χ4v) is 3.71. The van der Waals surface area contributed by atoms with E-state index in [-0.39, 0.29) is 29.8 Å². The van der Waals surface area contributed by atoms with Crippen molar-refractivity contribution >= 4 is 11.8 Å². The summed E-state index contributed by atoms with van der Waals surface area (Å²) in [5.41, 5.74) is 6.18. The predicted molar refractivity (Wildman–Crippen MR) is 77.9 cm³/mol. The molecule has 0 radical (unpaired) electrons. The number of likely N-dealkylation sites (N-methyl/N-ethyl adjacent to an activating group) is 1. The number of hydrogen-bond donors (Lipinski definition) is 2. The van der Waals surface area contributed by atoms with Gasteiger partial charge in [-0.25, -0.2) is 0 Å². The molecule has 1 heterocycles. The lowest BCUT2D eigenvalue weighted by atomic mass is 9.76. The Labute approximate surface area is 121 Å². The normalized spacial score (nSPS) is 34.6. The number of carbonyl (C=O) groups is 2. The van der Waals surface area contributed by atoms with Gasteiger partial charge in [-0.3, -0.25) is 9.59 Å². The third-order valence-electron chi connectivity index (χ3n) is 4.89. The van der Waals surface area contributed by atoms with E-state index in [1.807, 2.05) is 0 Å². The number of likely N-dealkylation sites (tertiary alicyclic amines) is 1. The number of nitrogens with zero attached hydrogens (tertiary/aromatic N) is 1. The van der Waals surface area contributed by atoms with Crippen LogP contribution in [0, 0.1) is 11.8 Å². The number of nitrogens with two attached hydrogens (primary N) is 1. The van der Waals surface area contributed by atoms with Gasteiger partial charge in [-0.1, -0.05) is 13.3 Å². The molecule has 1 saturated heterocycles. The quantitative estimate of drug-likeness (QED) is 0.789. The van der Waals surface area contributed by atoms with Crippen molar-refractivity contribution in [3.05, 3.63) is 0 Å². The summed E-state index contributed by atoms with van der Waals surface area (Å²) < 4.78 is 0. The van der Waals surface area contributed by atoms with Crippen LogP contribution in [0.3, 0.4) is 0 Å². The average molecular weight is 281 g/mol. The second-order valence-electron chi connectivity index (χ2n) is 6.26. The van der Waals surface area contributed by atoms with E-state index in [4.69, 9.17) is 5.73 Å². The molecular formula is C15H27N3O2. The SMILES string of the molecule is CNC(=O)C1CCCCN1C(=O)C1C(C)CCCC1N. The molecule has 5 heteroatoms. The summed E-state index contributed by atoms with van der Waals surface area (Å²) in [6.07, 6.45) is 5.83. The topological polar surface area (TPSA) is 75.4 Å². The van der Waals surface area contributed by atoms with Crippen molar-refractivity contribution in [3.63, 3.8) is 0 Å². The van der Waals surface area contributed by atoms with Crippen LogP contribution in [0.25, 0.3) is 0 Å². The van der Waals surface area contributed by atoms with Crippen LogP contribution in [-0.4, -0.2) is 42.4 Å². The van der Waals surface area contributed by atoms with Crippen LogP contribution in [0.5, 0.6) is 0 Å². The summed E-state index contributed by atoms with van der Waals surface area (Å²) in [5.74, 6) is 0.251. The van der Waals surface area contributed by atoms with Crippen LogP contribution in [0.4, 0.5) is 0 Å². The van der Waals surface area contributed by atoms with Crippen LogP contribution in [0.2, 0.25) is 0 Å². The van der Waals surface area contributed by atoms with Gasteiger partial charge in [-0.15, -0.1) is 0 Å². The molecule has 0 aromatic heterocycles. The largest absolute Gasteiger partial charge is 0.357 e. The Kier molecular flexibility index (Phi) is 5.02. The first kappa shape index (κ1) is 15.3. The number of carbonyl (C=O) groups excluding carboxylic acids is 2. The van der Waals surface area contributed by atoms with Crippen molar-refractivity contribution in [3.8, 4) is 0 Å². The molecule has 4 atom stereocenters.